The molecule has 0 unspecified atom stereocenters. The van der Waals surface area contributed by atoms with Gasteiger partial charge in [0.05, 0.1) is 5.69 Å². The van der Waals surface area contributed by atoms with Crippen molar-refractivity contribution in [1.82, 2.24) is 9.78 Å². The number of ether oxygens (including phenoxy) is 1. The number of carbonyl (C=O) groups excluding carboxylic acids is 1. The SMILES string of the molecule is Cc1cc(C)n(C(=O)[C@H](C)Oc2ccc(Cl)cc2C)n1. The Hall–Kier alpha value is -1.81. The lowest BCUT2D eigenvalue weighted by atomic mass is 10.2. The summed E-state index contributed by atoms with van der Waals surface area (Å²) in [5, 5.41) is 4.82. The van der Waals surface area contributed by atoms with E-state index in [1.807, 2.05) is 26.8 Å². The molecule has 0 aliphatic heterocycles. The topological polar surface area (TPSA) is 44.1 Å². The van der Waals surface area contributed by atoms with Crippen molar-refractivity contribution in [2.75, 3.05) is 0 Å². The third-order valence-electron chi connectivity index (χ3n) is 3.01. The van der Waals surface area contributed by atoms with Crippen LogP contribution >= 0.6 is 11.6 Å². The van der Waals surface area contributed by atoms with Crippen LogP contribution in [0.2, 0.25) is 5.02 Å². The van der Waals surface area contributed by atoms with Crippen molar-refractivity contribution in [3.05, 3.63) is 46.2 Å². The molecule has 5 heteroatoms. The Bertz CT molecular complexity index is 649. The van der Waals surface area contributed by atoms with Crippen LogP contribution in [0.15, 0.2) is 24.3 Å². The highest BCUT2D eigenvalue weighted by Crippen LogP contribution is 2.23. The van der Waals surface area contributed by atoms with Gasteiger partial charge < -0.3 is 4.74 Å². The van der Waals surface area contributed by atoms with Gasteiger partial charge in [-0.2, -0.15) is 5.10 Å². The minimum atomic E-state index is -0.618. The predicted octanol–water partition coefficient (Wildman–Crippen LogP) is 3.57. The first-order valence-electron chi connectivity index (χ1n) is 6.39. The van der Waals surface area contributed by atoms with Crippen molar-refractivity contribution in [2.45, 2.75) is 33.8 Å². The number of rotatable bonds is 3. The molecule has 106 valence electrons. The zero-order valence-corrected chi connectivity index (χ0v) is 12.7. The Kier molecular flexibility index (Phi) is 4.14. The van der Waals surface area contributed by atoms with Gasteiger partial charge in [-0.15, -0.1) is 0 Å². The van der Waals surface area contributed by atoms with Gasteiger partial charge in [-0.25, -0.2) is 4.68 Å². The average molecular weight is 293 g/mol. The van der Waals surface area contributed by atoms with E-state index in [0.717, 1.165) is 17.0 Å². The fourth-order valence-electron chi connectivity index (χ4n) is 2.01. The number of hydrogen-bond acceptors (Lipinski definition) is 3. The lowest BCUT2D eigenvalue weighted by Gasteiger charge is -2.16. The molecule has 2 rings (SSSR count). The van der Waals surface area contributed by atoms with Crippen molar-refractivity contribution in [2.24, 2.45) is 0 Å². The van der Waals surface area contributed by atoms with Crippen molar-refractivity contribution in [1.29, 1.82) is 0 Å². The summed E-state index contributed by atoms with van der Waals surface area (Å²) in [4.78, 5) is 12.3. The highest BCUT2D eigenvalue weighted by molar-refractivity contribution is 6.30. The molecular weight excluding hydrogens is 276 g/mol. The molecule has 0 radical (unpaired) electrons. The lowest BCUT2D eigenvalue weighted by molar-refractivity contribution is 0.0706. The van der Waals surface area contributed by atoms with Gasteiger partial charge in [0.15, 0.2) is 6.10 Å². The number of benzene rings is 1. The van der Waals surface area contributed by atoms with E-state index in [-0.39, 0.29) is 5.91 Å². The summed E-state index contributed by atoms with van der Waals surface area (Å²) in [5.74, 6) is 0.460. The fraction of sp³-hybridized carbons (Fsp3) is 0.333. The Morgan fingerprint density at radius 3 is 2.55 bits per heavy atom. The Labute approximate surface area is 123 Å². The van der Waals surface area contributed by atoms with E-state index in [4.69, 9.17) is 16.3 Å². The van der Waals surface area contributed by atoms with Crippen LogP contribution in [-0.2, 0) is 0 Å². The average Bonchev–Trinajstić information content (AvgIpc) is 2.71. The van der Waals surface area contributed by atoms with Gasteiger partial charge in [0.25, 0.3) is 5.91 Å². The highest BCUT2D eigenvalue weighted by Gasteiger charge is 2.20. The summed E-state index contributed by atoms with van der Waals surface area (Å²) in [6.45, 7) is 7.30. The van der Waals surface area contributed by atoms with E-state index >= 15 is 0 Å². The first kappa shape index (κ1) is 14.6. The third kappa shape index (κ3) is 3.02. The molecule has 0 N–H and O–H groups in total. The maximum atomic E-state index is 12.3. The minimum Gasteiger partial charge on any atom is -0.481 e. The maximum absolute atomic E-state index is 12.3. The molecular formula is C15H17ClN2O2. The van der Waals surface area contributed by atoms with E-state index < -0.39 is 6.10 Å². The first-order valence-corrected chi connectivity index (χ1v) is 6.76. The second-order valence-corrected chi connectivity index (χ2v) is 5.28. The summed E-state index contributed by atoms with van der Waals surface area (Å²) >= 11 is 5.90. The van der Waals surface area contributed by atoms with E-state index in [1.54, 1.807) is 25.1 Å². The highest BCUT2D eigenvalue weighted by atomic mass is 35.5. The van der Waals surface area contributed by atoms with Crippen LogP contribution in [-0.4, -0.2) is 21.8 Å². The third-order valence-corrected chi connectivity index (χ3v) is 3.24. The van der Waals surface area contributed by atoms with Crippen LogP contribution < -0.4 is 4.74 Å². The number of hydrogen-bond donors (Lipinski definition) is 0. The quantitative estimate of drug-likeness (QED) is 0.868. The maximum Gasteiger partial charge on any atom is 0.287 e. The van der Waals surface area contributed by atoms with Crippen molar-refractivity contribution < 1.29 is 9.53 Å². The molecule has 0 amide bonds. The van der Waals surface area contributed by atoms with E-state index in [0.29, 0.717) is 10.8 Å². The Morgan fingerprint density at radius 2 is 2.00 bits per heavy atom. The normalized spacial score (nSPS) is 12.2. The number of carbonyl (C=O) groups is 1. The van der Waals surface area contributed by atoms with Crippen LogP contribution in [0.3, 0.4) is 0 Å². The molecule has 4 nitrogen and oxygen atoms in total. The van der Waals surface area contributed by atoms with Gasteiger partial charge in [0.1, 0.15) is 5.75 Å². The smallest absolute Gasteiger partial charge is 0.287 e. The lowest BCUT2D eigenvalue weighted by Crippen LogP contribution is -2.31. The molecule has 1 aromatic heterocycles. The number of nitrogens with zero attached hydrogens (tertiary/aromatic N) is 2. The summed E-state index contributed by atoms with van der Waals surface area (Å²) in [6.07, 6.45) is -0.618. The Balaban J connectivity index is 2.17. The van der Waals surface area contributed by atoms with Crippen LogP contribution in [0.5, 0.6) is 5.75 Å². The molecule has 0 fully saturated rings. The summed E-state index contributed by atoms with van der Waals surface area (Å²) < 4.78 is 7.09. The molecule has 20 heavy (non-hydrogen) atoms. The largest absolute Gasteiger partial charge is 0.481 e. The summed E-state index contributed by atoms with van der Waals surface area (Å²) in [6, 6.07) is 7.17. The van der Waals surface area contributed by atoms with Gasteiger partial charge in [-0.05, 0) is 57.5 Å². The summed E-state index contributed by atoms with van der Waals surface area (Å²) in [7, 11) is 0. The van der Waals surface area contributed by atoms with Crippen molar-refractivity contribution >= 4 is 17.5 Å². The van der Waals surface area contributed by atoms with Gasteiger partial charge in [-0.1, -0.05) is 11.6 Å². The second kappa shape index (κ2) is 5.67. The van der Waals surface area contributed by atoms with Gasteiger partial charge >= 0.3 is 0 Å². The fourth-order valence-corrected chi connectivity index (χ4v) is 2.24. The molecule has 0 aliphatic carbocycles. The molecule has 1 aromatic carbocycles. The summed E-state index contributed by atoms with van der Waals surface area (Å²) in [5.41, 5.74) is 2.51. The van der Waals surface area contributed by atoms with Gasteiger partial charge in [0, 0.05) is 10.7 Å². The molecule has 2 aromatic rings. The zero-order chi connectivity index (χ0) is 14.9. The predicted molar refractivity (Wildman–Crippen MR) is 78.6 cm³/mol. The monoisotopic (exact) mass is 292 g/mol. The second-order valence-electron chi connectivity index (χ2n) is 4.85. The van der Waals surface area contributed by atoms with Crippen molar-refractivity contribution in [3.8, 4) is 5.75 Å². The molecule has 0 bridgehead atoms. The molecule has 0 aliphatic rings. The molecule has 0 saturated heterocycles. The molecule has 1 atom stereocenters. The van der Waals surface area contributed by atoms with Crippen LogP contribution in [0, 0.1) is 20.8 Å². The zero-order valence-electron chi connectivity index (χ0n) is 12.0. The van der Waals surface area contributed by atoms with Crippen LogP contribution in [0.4, 0.5) is 0 Å². The standard InChI is InChI=1S/C15H17ClN2O2/c1-9-7-13(16)5-6-14(9)20-12(4)15(19)18-11(3)8-10(2)17-18/h5-8,12H,1-4H3/t12-/m0/s1. The number of aryl methyl sites for hydroxylation is 3. The molecule has 0 spiro atoms. The Morgan fingerprint density at radius 1 is 1.30 bits per heavy atom. The van der Waals surface area contributed by atoms with Crippen LogP contribution in [0.25, 0.3) is 0 Å². The van der Waals surface area contributed by atoms with Crippen LogP contribution in [0.1, 0.15) is 28.7 Å². The van der Waals surface area contributed by atoms with E-state index in [1.165, 1.54) is 4.68 Å². The van der Waals surface area contributed by atoms with E-state index in [2.05, 4.69) is 5.10 Å². The molecule has 1 heterocycles. The molecule has 0 saturated carbocycles. The number of aromatic nitrogens is 2. The van der Waals surface area contributed by atoms with Gasteiger partial charge in [0.2, 0.25) is 0 Å². The first-order chi connectivity index (χ1) is 9.38. The minimum absolute atomic E-state index is 0.190. The van der Waals surface area contributed by atoms with Gasteiger partial charge in [-0.3, -0.25) is 4.79 Å². The van der Waals surface area contributed by atoms with E-state index in [9.17, 15) is 4.79 Å². The number of halogens is 1. The van der Waals surface area contributed by atoms with Crippen molar-refractivity contribution in [3.63, 3.8) is 0 Å².